The quantitative estimate of drug-likeness (QED) is 0.647. The van der Waals surface area contributed by atoms with Crippen molar-refractivity contribution in [2.75, 3.05) is 33.4 Å². The third-order valence-electron chi connectivity index (χ3n) is 3.40. The molecule has 132 valence electrons. The van der Waals surface area contributed by atoms with E-state index in [1.807, 2.05) is 31.2 Å². The lowest BCUT2D eigenvalue weighted by molar-refractivity contribution is 0.0953. The summed E-state index contributed by atoms with van der Waals surface area (Å²) >= 11 is 3.41. The first-order valence-corrected chi connectivity index (χ1v) is 8.21. The molecule has 8 heteroatoms. The lowest BCUT2D eigenvalue weighted by Crippen LogP contribution is -2.33. The summed E-state index contributed by atoms with van der Waals surface area (Å²) in [6.07, 6.45) is 1.60. The molecular weight excluding hydrogens is 396 g/mol. The number of aromatic nitrogens is 2. The zero-order valence-electron chi connectivity index (χ0n) is 13.7. The van der Waals surface area contributed by atoms with Gasteiger partial charge in [0, 0.05) is 31.2 Å². The predicted octanol–water partition coefficient (Wildman–Crippen LogP) is 2.33. The van der Waals surface area contributed by atoms with Crippen molar-refractivity contribution in [3.8, 4) is 5.69 Å². The van der Waals surface area contributed by atoms with Crippen molar-refractivity contribution >= 4 is 34.2 Å². The fourth-order valence-electron chi connectivity index (χ4n) is 2.13. The van der Waals surface area contributed by atoms with E-state index in [0.717, 1.165) is 22.4 Å². The molecule has 1 heterocycles. The van der Waals surface area contributed by atoms with Crippen molar-refractivity contribution in [1.29, 1.82) is 0 Å². The number of hydrogen-bond acceptors (Lipinski definition) is 4. The lowest BCUT2D eigenvalue weighted by Gasteiger charge is -2.07. The Morgan fingerprint density at radius 3 is 2.62 bits per heavy atom. The van der Waals surface area contributed by atoms with Gasteiger partial charge in [-0.2, -0.15) is 5.10 Å². The molecule has 0 aliphatic heterocycles. The zero-order valence-corrected chi connectivity index (χ0v) is 16.1. The average molecular weight is 418 g/mol. The molecule has 0 radical (unpaired) electrons. The number of rotatable bonds is 8. The molecule has 0 saturated carbocycles. The normalized spacial score (nSPS) is 10.3. The third-order valence-corrected chi connectivity index (χ3v) is 3.92. The fourth-order valence-corrected chi connectivity index (χ4v) is 2.40. The maximum Gasteiger partial charge on any atom is 0.254 e. The Morgan fingerprint density at radius 2 is 1.96 bits per heavy atom. The third kappa shape index (κ3) is 5.59. The van der Waals surface area contributed by atoms with E-state index in [4.69, 9.17) is 4.74 Å². The molecule has 0 spiro atoms. The molecule has 1 aromatic heterocycles. The molecule has 0 bridgehead atoms. The zero-order chi connectivity index (χ0) is 16.7. The summed E-state index contributed by atoms with van der Waals surface area (Å²) in [7, 11) is 1.66. The van der Waals surface area contributed by atoms with Crippen LogP contribution in [0.15, 0.2) is 34.9 Å². The van der Waals surface area contributed by atoms with Crippen LogP contribution < -0.4 is 10.6 Å². The first kappa shape index (κ1) is 20.6. The van der Waals surface area contributed by atoms with Crippen LogP contribution in [-0.2, 0) is 4.74 Å². The first-order valence-electron chi connectivity index (χ1n) is 7.42. The van der Waals surface area contributed by atoms with E-state index in [-0.39, 0.29) is 18.3 Å². The van der Waals surface area contributed by atoms with E-state index in [1.54, 1.807) is 18.0 Å². The number of benzene rings is 1. The molecule has 2 aromatic rings. The van der Waals surface area contributed by atoms with Gasteiger partial charge in [0.15, 0.2) is 0 Å². The molecule has 0 aliphatic rings. The van der Waals surface area contributed by atoms with Crippen LogP contribution in [-0.4, -0.2) is 49.0 Å². The summed E-state index contributed by atoms with van der Waals surface area (Å²) in [6.45, 7) is 4.58. The SMILES string of the molecule is COCCNCCNC(=O)c1cnn(-c2ccc(Br)cc2)c1C.Cl. The molecular formula is C16H22BrClN4O2. The van der Waals surface area contributed by atoms with Gasteiger partial charge >= 0.3 is 0 Å². The van der Waals surface area contributed by atoms with Crippen LogP contribution in [0.2, 0.25) is 0 Å². The highest BCUT2D eigenvalue weighted by Gasteiger charge is 2.14. The maximum absolute atomic E-state index is 12.2. The number of hydrogen-bond donors (Lipinski definition) is 2. The molecule has 1 amide bonds. The monoisotopic (exact) mass is 416 g/mol. The molecule has 2 N–H and O–H groups in total. The second-order valence-electron chi connectivity index (χ2n) is 5.03. The van der Waals surface area contributed by atoms with Crippen LogP contribution in [0.1, 0.15) is 16.1 Å². The van der Waals surface area contributed by atoms with Gasteiger partial charge in [-0.15, -0.1) is 12.4 Å². The molecule has 1 aromatic carbocycles. The number of carbonyl (C=O) groups is 1. The number of carbonyl (C=O) groups excluding carboxylic acids is 1. The van der Waals surface area contributed by atoms with Crippen LogP contribution in [0, 0.1) is 6.92 Å². The number of nitrogens with zero attached hydrogens (tertiary/aromatic N) is 2. The van der Waals surface area contributed by atoms with Crippen molar-refractivity contribution in [1.82, 2.24) is 20.4 Å². The van der Waals surface area contributed by atoms with E-state index < -0.39 is 0 Å². The van der Waals surface area contributed by atoms with Crippen molar-refractivity contribution in [2.24, 2.45) is 0 Å². The summed E-state index contributed by atoms with van der Waals surface area (Å²) in [5.74, 6) is -0.112. The van der Waals surface area contributed by atoms with E-state index in [1.165, 1.54) is 0 Å². The Hall–Kier alpha value is -1.41. The summed E-state index contributed by atoms with van der Waals surface area (Å²) in [6, 6.07) is 7.79. The standard InChI is InChI=1S/C16H21BrN4O2.ClH/c1-12-15(16(22)19-8-7-18-9-10-23-2)11-20-21(12)14-5-3-13(17)4-6-14;/h3-6,11,18H,7-10H2,1-2H3,(H,19,22);1H. The summed E-state index contributed by atoms with van der Waals surface area (Å²) in [5.41, 5.74) is 2.33. The van der Waals surface area contributed by atoms with Gasteiger partial charge in [0.2, 0.25) is 0 Å². The molecule has 24 heavy (non-hydrogen) atoms. The first-order chi connectivity index (χ1) is 11.1. The Bertz CT molecular complexity index is 646. The van der Waals surface area contributed by atoms with E-state index in [9.17, 15) is 4.79 Å². The highest BCUT2D eigenvalue weighted by Crippen LogP contribution is 2.17. The second kappa shape index (κ2) is 10.5. The highest BCUT2D eigenvalue weighted by atomic mass is 79.9. The number of nitrogens with one attached hydrogen (secondary N) is 2. The smallest absolute Gasteiger partial charge is 0.254 e. The summed E-state index contributed by atoms with van der Waals surface area (Å²) < 4.78 is 7.71. The minimum Gasteiger partial charge on any atom is -0.383 e. The van der Waals surface area contributed by atoms with E-state index in [2.05, 4.69) is 31.7 Å². The van der Waals surface area contributed by atoms with Crippen molar-refractivity contribution in [3.63, 3.8) is 0 Å². The van der Waals surface area contributed by atoms with Crippen LogP contribution >= 0.6 is 28.3 Å². The molecule has 0 atom stereocenters. The molecule has 0 aliphatic carbocycles. The largest absolute Gasteiger partial charge is 0.383 e. The molecule has 2 rings (SSSR count). The second-order valence-corrected chi connectivity index (χ2v) is 5.95. The van der Waals surface area contributed by atoms with Gasteiger partial charge < -0.3 is 15.4 Å². The van der Waals surface area contributed by atoms with E-state index >= 15 is 0 Å². The highest BCUT2D eigenvalue weighted by molar-refractivity contribution is 9.10. The average Bonchev–Trinajstić information content (AvgIpc) is 2.93. The van der Waals surface area contributed by atoms with Gasteiger partial charge in [-0.25, -0.2) is 4.68 Å². The number of ether oxygens (including phenoxy) is 1. The van der Waals surface area contributed by atoms with Crippen LogP contribution in [0.5, 0.6) is 0 Å². The van der Waals surface area contributed by atoms with Crippen molar-refractivity contribution in [2.45, 2.75) is 6.92 Å². The van der Waals surface area contributed by atoms with Crippen molar-refractivity contribution < 1.29 is 9.53 Å². The van der Waals surface area contributed by atoms with Gasteiger partial charge in [0.1, 0.15) is 0 Å². The van der Waals surface area contributed by atoms with Crippen LogP contribution in [0.25, 0.3) is 5.69 Å². The minimum absolute atomic E-state index is 0. The maximum atomic E-state index is 12.2. The number of amides is 1. The molecule has 0 unspecified atom stereocenters. The fraction of sp³-hybridized carbons (Fsp3) is 0.375. The van der Waals surface area contributed by atoms with Gasteiger partial charge in [-0.05, 0) is 31.2 Å². The van der Waals surface area contributed by atoms with Gasteiger partial charge in [0.05, 0.1) is 29.7 Å². The van der Waals surface area contributed by atoms with Crippen LogP contribution in [0.4, 0.5) is 0 Å². The van der Waals surface area contributed by atoms with Crippen LogP contribution in [0.3, 0.4) is 0 Å². The Morgan fingerprint density at radius 1 is 1.25 bits per heavy atom. The van der Waals surface area contributed by atoms with Gasteiger partial charge in [0.25, 0.3) is 5.91 Å². The Balaban J connectivity index is 0.00000288. The summed E-state index contributed by atoms with van der Waals surface area (Å²) in [5, 5.41) is 10.4. The summed E-state index contributed by atoms with van der Waals surface area (Å²) in [4.78, 5) is 12.2. The Kier molecular flexibility index (Phi) is 8.99. The van der Waals surface area contributed by atoms with Gasteiger partial charge in [-0.3, -0.25) is 4.79 Å². The molecule has 0 fully saturated rings. The number of halogens is 2. The van der Waals surface area contributed by atoms with Crippen molar-refractivity contribution in [3.05, 3.63) is 46.2 Å². The van der Waals surface area contributed by atoms with E-state index in [0.29, 0.717) is 25.3 Å². The lowest BCUT2D eigenvalue weighted by atomic mass is 10.2. The molecule has 0 saturated heterocycles. The topological polar surface area (TPSA) is 68.2 Å². The molecule has 6 nitrogen and oxygen atoms in total. The minimum atomic E-state index is -0.112. The predicted molar refractivity (Wildman–Crippen MR) is 100 cm³/mol. The Labute approximate surface area is 156 Å². The number of methoxy groups -OCH3 is 1. The van der Waals surface area contributed by atoms with Gasteiger partial charge in [-0.1, -0.05) is 15.9 Å².